The van der Waals surface area contributed by atoms with Gasteiger partial charge in [0.05, 0.1) is 10.4 Å². The second kappa shape index (κ2) is 8.52. The monoisotopic (exact) mass is 449 g/mol. The number of fused-ring (bicyclic) bond motifs is 1. The predicted molar refractivity (Wildman–Crippen MR) is 124 cm³/mol. The van der Waals surface area contributed by atoms with Crippen molar-refractivity contribution in [2.24, 2.45) is 0 Å². The van der Waals surface area contributed by atoms with E-state index in [1.165, 1.54) is 3.97 Å². The smallest absolute Gasteiger partial charge is 0.268 e. The van der Waals surface area contributed by atoms with Gasteiger partial charge in [-0.15, -0.1) is 10.2 Å². The molecular weight excluding hydrogens is 422 g/mol. The van der Waals surface area contributed by atoms with E-state index in [2.05, 4.69) is 20.1 Å². The summed E-state index contributed by atoms with van der Waals surface area (Å²) in [5.41, 5.74) is 2.90. The molecule has 1 unspecified atom stereocenters. The van der Waals surface area contributed by atoms with E-state index in [4.69, 9.17) is 0 Å². The number of hydrogen-bond acceptors (Lipinski definition) is 5. The maximum absolute atomic E-state index is 13.4. The van der Waals surface area contributed by atoms with Crippen LogP contribution < -0.4 is 0 Å². The SMILES string of the molecule is Cc1ccc(S(=O)(=O)n2cc(C3CCN(CCCc4nnc[nH]4)C3)c3ccccc32)cc1. The normalized spacial score (nSPS) is 17.3. The van der Waals surface area contributed by atoms with E-state index < -0.39 is 10.0 Å². The molecule has 2 aromatic heterocycles. The molecule has 8 heteroatoms. The lowest BCUT2D eigenvalue weighted by molar-refractivity contribution is 0.329. The minimum absolute atomic E-state index is 0.316. The molecule has 1 N–H and O–H groups in total. The third kappa shape index (κ3) is 3.96. The van der Waals surface area contributed by atoms with Crippen molar-refractivity contribution in [2.45, 2.75) is 37.0 Å². The van der Waals surface area contributed by atoms with E-state index in [0.29, 0.717) is 10.8 Å². The second-order valence-corrected chi connectivity index (χ2v) is 10.4. The molecule has 0 radical (unpaired) electrons. The highest BCUT2D eigenvalue weighted by Crippen LogP contribution is 2.35. The largest absolute Gasteiger partial charge is 0.332 e. The molecule has 7 nitrogen and oxygen atoms in total. The van der Waals surface area contributed by atoms with Crippen molar-refractivity contribution >= 4 is 20.9 Å². The van der Waals surface area contributed by atoms with Crippen molar-refractivity contribution in [2.75, 3.05) is 19.6 Å². The Hall–Kier alpha value is -2.97. The number of para-hydroxylation sites is 1. The van der Waals surface area contributed by atoms with E-state index >= 15 is 0 Å². The number of benzene rings is 2. The Morgan fingerprint density at radius 2 is 1.94 bits per heavy atom. The molecule has 0 amide bonds. The lowest BCUT2D eigenvalue weighted by Crippen LogP contribution is -2.22. The first-order valence-electron chi connectivity index (χ1n) is 11.0. The van der Waals surface area contributed by atoms with Gasteiger partial charge in [0.15, 0.2) is 0 Å². The molecule has 5 rings (SSSR count). The average Bonchev–Trinajstić information content (AvgIpc) is 3.54. The van der Waals surface area contributed by atoms with Crippen LogP contribution in [0.1, 0.15) is 35.7 Å². The van der Waals surface area contributed by atoms with Crippen LogP contribution in [-0.4, -0.2) is 52.1 Å². The highest BCUT2D eigenvalue weighted by molar-refractivity contribution is 7.90. The number of nitrogens with zero attached hydrogens (tertiary/aromatic N) is 4. The van der Waals surface area contributed by atoms with Crippen LogP contribution in [0.5, 0.6) is 0 Å². The number of hydrogen-bond donors (Lipinski definition) is 1. The fourth-order valence-electron chi connectivity index (χ4n) is 4.64. The van der Waals surface area contributed by atoms with Crippen LogP contribution in [0.25, 0.3) is 10.9 Å². The summed E-state index contributed by atoms with van der Waals surface area (Å²) in [7, 11) is -3.66. The van der Waals surface area contributed by atoms with E-state index in [1.54, 1.807) is 18.5 Å². The molecule has 32 heavy (non-hydrogen) atoms. The Bertz CT molecular complexity index is 1310. The van der Waals surface area contributed by atoms with Crippen molar-refractivity contribution < 1.29 is 8.42 Å². The molecular formula is C24H27N5O2S. The van der Waals surface area contributed by atoms with Crippen molar-refractivity contribution in [1.82, 2.24) is 24.1 Å². The number of likely N-dealkylation sites (tertiary alicyclic amines) is 1. The summed E-state index contributed by atoms with van der Waals surface area (Å²) in [6.45, 7) is 4.91. The lowest BCUT2D eigenvalue weighted by Gasteiger charge is -2.15. The Kier molecular flexibility index (Phi) is 5.57. The Morgan fingerprint density at radius 1 is 1.12 bits per heavy atom. The van der Waals surface area contributed by atoms with Crippen LogP contribution in [0.15, 0.2) is 66.0 Å². The number of aryl methyl sites for hydroxylation is 2. The van der Waals surface area contributed by atoms with Crippen molar-refractivity contribution in [3.63, 3.8) is 0 Å². The molecule has 1 aliphatic rings. The molecule has 0 saturated carbocycles. The molecule has 0 spiro atoms. The highest BCUT2D eigenvalue weighted by Gasteiger charge is 2.29. The van der Waals surface area contributed by atoms with Gasteiger partial charge in [0.1, 0.15) is 12.2 Å². The third-order valence-electron chi connectivity index (χ3n) is 6.35. The molecule has 166 valence electrons. The minimum atomic E-state index is -3.66. The number of aromatic nitrogens is 4. The summed E-state index contributed by atoms with van der Waals surface area (Å²) in [6, 6.07) is 14.9. The van der Waals surface area contributed by atoms with Gasteiger partial charge in [0, 0.05) is 24.5 Å². The van der Waals surface area contributed by atoms with Crippen LogP contribution in [0.3, 0.4) is 0 Å². The zero-order valence-corrected chi connectivity index (χ0v) is 18.9. The minimum Gasteiger partial charge on any atom is -0.332 e. The van der Waals surface area contributed by atoms with Gasteiger partial charge in [-0.1, -0.05) is 35.9 Å². The van der Waals surface area contributed by atoms with Gasteiger partial charge in [-0.05, 0) is 62.5 Å². The standard InChI is InChI=1S/C24H27N5O2S/c1-18-8-10-20(11-9-18)32(30,31)29-16-22(21-5-2-3-6-23(21)29)19-12-14-28(15-19)13-4-7-24-25-17-26-27-24/h2-3,5-6,8-11,16-17,19H,4,7,12-15H2,1H3,(H,25,26,27). The third-order valence-corrected chi connectivity index (χ3v) is 8.04. The van der Waals surface area contributed by atoms with Crippen molar-refractivity contribution in [1.29, 1.82) is 0 Å². The van der Waals surface area contributed by atoms with Gasteiger partial charge >= 0.3 is 0 Å². The Labute approximate surface area is 188 Å². The molecule has 1 aliphatic heterocycles. The van der Waals surface area contributed by atoms with Crippen LogP contribution in [0, 0.1) is 6.92 Å². The summed E-state index contributed by atoms with van der Waals surface area (Å²) in [4.78, 5) is 5.83. The summed E-state index contributed by atoms with van der Waals surface area (Å²) < 4.78 is 28.4. The van der Waals surface area contributed by atoms with Crippen LogP contribution in [0.2, 0.25) is 0 Å². The lowest BCUT2D eigenvalue weighted by atomic mass is 9.98. The predicted octanol–water partition coefficient (Wildman–Crippen LogP) is 3.73. The molecule has 1 saturated heterocycles. The number of rotatable bonds is 7. The van der Waals surface area contributed by atoms with Crippen LogP contribution >= 0.6 is 0 Å². The fraction of sp³-hybridized carbons (Fsp3) is 0.333. The first-order chi connectivity index (χ1) is 15.5. The van der Waals surface area contributed by atoms with Gasteiger partial charge in [0.2, 0.25) is 0 Å². The first-order valence-corrected chi connectivity index (χ1v) is 12.5. The van der Waals surface area contributed by atoms with Gasteiger partial charge in [0.25, 0.3) is 10.0 Å². The zero-order chi connectivity index (χ0) is 22.1. The molecule has 3 heterocycles. The number of nitrogens with one attached hydrogen (secondary N) is 1. The maximum atomic E-state index is 13.4. The average molecular weight is 450 g/mol. The first kappa shape index (κ1) is 20.9. The van der Waals surface area contributed by atoms with E-state index in [9.17, 15) is 8.42 Å². The molecule has 0 aliphatic carbocycles. The molecule has 1 atom stereocenters. The zero-order valence-electron chi connectivity index (χ0n) is 18.1. The van der Waals surface area contributed by atoms with Gasteiger partial charge in [-0.3, -0.25) is 0 Å². The van der Waals surface area contributed by atoms with Crippen molar-refractivity contribution in [3.8, 4) is 0 Å². The molecule has 4 aromatic rings. The Morgan fingerprint density at radius 3 is 2.72 bits per heavy atom. The van der Waals surface area contributed by atoms with Gasteiger partial charge in [-0.2, -0.15) is 0 Å². The molecule has 2 aromatic carbocycles. The topological polar surface area (TPSA) is 83.9 Å². The number of H-pyrrole nitrogens is 1. The van der Waals surface area contributed by atoms with Gasteiger partial charge < -0.3 is 9.88 Å². The van der Waals surface area contributed by atoms with E-state index in [-0.39, 0.29) is 0 Å². The van der Waals surface area contributed by atoms with Crippen molar-refractivity contribution in [3.05, 3.63) is 78.0 Å². The summed E-state index contributed by atoms with van der Waals surface area (Å²) in [5, 5.41) is 8.90. The summed E-state index contributed by atoms with van der Waals surface area (Å²) >= 11 is 0. The van der Waals surface area contributed by atoms with Gasteiger partial charge in [-0.25, -0.2) is 12.4 Å². The van der Waals surface area contributed by atoms with E-state index in [0.717, 1.165) is 66.8 Å². The van der Waals surface area contributed by atoms with Crippen LogP contribution in [0.4, 0.5) is 0 Å². The molecule has 0 bridgehead atoms. The quantitative estimate of drug-likeness (QED) is 0.465. The fourth-order valence-corrected chi connectivity index (χ4v) is 6.01. The Balaban J connectivity index is 1.39. The van der Waals surface area contributed by atoms with E-state index in [1.807, 2.05) is 49.5 Å². The second-order valence-electron chi connectivity index (χ2n) is 8.54. The summed E-state index contributed by atoms with van der Waals surface area (Å²) in [6.07, 6.45) is 6.39. The van der Waals surface area contributed by atoms with Crippen LogP contribution in [-0.2, 0) is 16.4 Å². The molecule has 1 fully saturated rings. The highest BCUT2D eigenvalue weighted by atomic mass is 32.2. The summed E-state index contributed by atoms with van der Waals surface area (Å²) in [5.74, 6) is 1.24. The number of aromatic amines is 1. The maximum Gasteiger partial charge on any atom is 0.268 e.